The van der Waals surface area contributed by atoms with Gasteiger partial charge in [0.25, 0.3) is 0 Å². The van der Waals surface area contributed by atoms with E-state index in [0.29, 0.717) is 17.9 Å². The molecule has 1 aliphatic rings. The van der Waals surface area contributed by atoms with Crippen molar-refractivity contribution in [2.24, 2.45) is 11.5 Å². The normalized spacial score (nSPS) is 15.0. The van der Waals surface area contributed by atoms with Gasteiger partial charge < -0.3 is 20.8 Å². The molecule has 6 nitrogen and oxygen atoms in total. The maximum atomic E-state index is 11.7. The molecule has 0 fully saturated rings. The van der Waals surface area contributed by atoms with Gasteiger partial charge in [-0.1, -0.05) is 12.1 Å². The Morgan fingerprint density at radius 3 is 2.86 bits per heavy atom. The number of amides is 2. The van der Waals surface area contributed by atoms with E-state index in [0.717, 1.165) is 16.8 Å². The first-order chi connectivity index (χ1) is 10.5. The zero-order chi connectivity index (χ0) is 15.9. The Hall–Kier alpha value is -2.60. The number of hydrogen-bond acceptors (Lipinski definition) is 4. The molecule has 0 saturated carbocycles. The van der Waals surface area contributed by atoms with Crippen molar-refractivity contribution >= 4 is 17.5 Å². The van der Waals surface area contributed by atoms with Crippen LogP contribution >= 0.6 is 0 Å². The largest absolute Gasteiger partial charge is 0.461 e. The summed E-state index contributed by atoms with van der Waals surface area (Å²) in [5.41, 5.74) is 13.6. The molecule has 3 rings (SSSR count). The molecule has 1 atom stereocenters. The molecule has 2 heterocycles. The minimum Gasteiger partial charge on any atom is -0.461 e. The quantitative estimate of drug-likeness (QED) is 0.872. The van der Waals surface area contributed by atoms with Crippen LogP contribution in [0.1, 0.15) is 11.3 Å². The SMILES string of the molecule is CN1C(=O)Cc2ccc(-c3ccc(CC(N)C(N)=O)o3)cc21. The second kappa shape index (κ2) is 5.31. The maximum absolute atomic E-state index is 11.7. The van der Waals surface area contributed by atoms with Crippen LogP contribution < -0.4 is 16.4 Å². The predicted octanol–water partition coefficient (Wildman–Crippen LogP) is 0.821. The average molecular weight is 299 g/mol. The molecule has 0 radical (unpaired) electrons. The van der Waals surface area contributed by atoms with Gasteiger partial charge in [0.15, 0.2) is 0 Å². The molecule has 2 aromatic rings. The molecule has 0 saturated heterocycles. The summed E-state index contributed by atoms with van der Waals surface area (Å²) in [4.78, 5) is 24.4. The Bertz CT molecular complexity index is 751. The number of benzene rings is 1. The molecule has 22 heavy (non-hydrogen) atoms. The molecule has 1 unspecified atom stereocenters. The average Bonchev–Trinajstić information content (AvgIpc) is 3.05. The van der Waals surface area contributed by atoms with E-state index in [1.807, 2.05) is 24.3 Å². The van der Waals surface area contributed by atoms with Gasteiger partial charge in [0.2, 0.25) is 11.8 Å². The lowest BCUT2D eigenvalue weighted by Gasteiger charge is -2.10. The highest BCUT2D eigenvalue weighted by Crippen LogP contribution is 2.33. The lowest BCUT2D eigenvalue weighted by Crippen LogP contribution is -2.37. The standard InChI is InChI=1S/C16H17N3O3/c1-19-13-6-10(3-2-9(13)7-15(19)20)14-5-4-11(22-14)8-12(17)16(18)21/h2-6,12H,7-8,17H2,1H3,(H2,18,21). The van der Waals surface area contributed by atoms with E-state index in [9.17, 15) is 9.59 Å². The first-order valence-corrected chi connectivity index (χ1v) is 6.99. The Morgan fingerprint density at radius 2 is 2.14 bits per heavy atom. The number of hydrogen-bond donors (Lipinski definition) is 2. The fourth-order valence-corrected chi connectivity index (χ4v) is 2.55. The topological polar surface area (TPSA) is 103 Å². The van der Waals surface area contributed by atoms with Crippen molar-refractivity contribution in [3.8, 4) is 11.3 Å². The summed E-state index contributed by atoms with van der Waals surface area (Å²) >= 11 is 0. The van der Waals surface area contributed by atoms with Crippen LogP contribution in [0.2, 0.25) is 0 Å². The van der Waals surface area contributed by atoms with Gasteiger partial charge in [-0.25, -0.2) is 0 Å². The number of nitrogens with zero attached hydrogens (tertiary/aromatic N) is 1. The minimum absolute atomic E-state index is 0.0831. The molecular weight excluding hydrogens is 282 g/mol. The second-order valence-electron chi connectivity index (χ2n) is 5.45. The Balaban J connectivity index is 1.86. The molecule has 1 aromatic carbocycles. The van der Waals surface area contributed by atoms with Crippen molar-refractivity contribution in [2.45, 2.75) is 18.9 Å². The summed E-state index contributed by atoms with van der Waals surface area (Å²) < 4.78 is 5.72. The van der Waals surface area contributed by atoms with Crippen LogP contribution in [-0.4, -0.2) is 24.9 Å². The smallest absolute Gasteiger partial charge is 0.234 e. The Labute approximate surface area is 127 Å². The molecule has 2 amide bonds. The highest BCUT2D eigenvalue weighted by atomic mass is 16.3. The van der Waals surface area contributed by atoms with E-state index < -0.39 is 11.9 Å². The van der Waals surface area contributed by atoms with Gasteiger partial charge in [0.1, 0.15) is 11.5 Å². The van der Waals surface area contributed by atoms with Crippen LogP contribution in [0.3, 0.4) is 0 Å². The van der Waals surface area contributed by atoms with Gasteiger partial charge in [-0.05, 0) is 23.8 Å². The van der Waals surface area contributed by atoms with Crippen molar-refractivity contribution in [2.75, 3.05) is 11.9 Å². The third-order valence-corrected chi connectivity index (χ3v) is 3.90. The number of carbonyl (C=O) groups excluding carboxylic acids is 2. The Kier molecular flexibility index (Phi) is 3.46. The van der Waals surface area contributed by atoms with Gasteiger partial charge in [0, 0.05) is 24.7 Å². The van der Waals surface area contributed by atoms with Crippen LogP contribution in [0.4, 0.5) is 5.69 Å². The van der Waals surface area contributed by atoms with Crippen LogP contribution in [0.5, 0.6) is 0 Å². The first kappa shape index (κ1) is 14.3. The molecule has 4 N–H and O–H groups in total. The lowest BCUT2D eigenvalue weighted by molar-refractivity contribution is -0.119. The number of nitrogens with two attached hydrogens (primary N) is 2. The van der Waals surface area contributed by atoms with E-state index >= 15 is 0 Å². The number of likely N-dealkylation sites (N-methyl/N-ethyl adjacent to an activating group) is 1. The summed E-state index contributed by atoms with van der Waals surface area (Å²) in [7, 11) is 1.76. The van der Waals surface area contributed by atoms with Gasteiger partial charge in [-0.15, -0.1) is 0 Å². The van der Waals surface area contributed by atoms with Gasteiger partial charge in [-0.2, -0.15) is 0 Å². The third kappa shape index (κ3) is 2.48. The molecule has 0 bridgehead atoms. The van der Waals surface area contributed by atoms with Crippen molar-refractivity contribution in [3.05, 3.63) is 41.7 Å². The second-order valence-corrected chi connectivity index (χ2v) is 5.45. The summed E-state index contributed by atoms with van der Waals surface area (Å²) in [5, 5.41) is 0. The Morgan fingerprint density at radius 1 is 1.36 bits per heavy atom. The third-order valence-electron chi connectivity index (χ3n) is 3.90. The lowest BCUT2D eigenvalue weighted by atomic mass is 10.1. The molecule has 114 valence electrons. The zero-order valence-electron chi connectivity index (χ0n) is 12.2. The molecule has 1 aliphatic heterocycles. The van der Waals surface area contributed by atoms with Crippen LogP contribution in [0.15, 0.2) is 34.7 Å². The number of rotatable bonds is 4. The van der Waals surface area contributed by atoms with Crippen molar-refractivity contribution < 1.29 is 14.0 Å². The number of fused-ring (bicyclic) bond motifs is 1. The van der Waals surface area contributed by atoms with Crippen molar-refractivity contribution in [3.63, 3.8) is 0 Å². The van der Waals surface area contributed by atoms with Crippen molar-refractivity contribution in [1.82, 2.24) is 0 Å². The summed E-state index contributed by atoms with van der Waals surface area (Å²) in [6.45, 7) is 0. The fourth-order valence-electron chi connectivity index (χ4n) is 2.55. The van der Waals surface area contributed by atoms with Crippen molar-refractivity contribution in [1.29, 1.82) is 0 Å². The molecule has 0 aliphatic carbocycles. The van der Waals surface area contributed by atoms with E-state index in [2.05, 4.69) is 0 Å². The highest BCUT2D eigenvalue weighted by Gasteiger charge is 2.24. The maximum Gasteiger partial charge on any atom is 0.234 e. The van der Waals surface area contributed by atoms with E-state index in [1.165, 1.54) is 0 Å². The van der Waals surface area contributed by atoms with Crippen LogP contribution in [0.25, 0.3) is 11.3 Å². The van der Waals surface area contributed by atoms with Gasteiger partial charge in [-0.3, -0.25) is 9.59 Å². The molecule has 6 heteroatoms. The van der Waals surface area contributed by atoms with Crippen LogP contribution in [-0.2, 0) is 22.4 Å². The predicted molar refractivity (Wildman–Crippen MR) is 82.1 cm³/mol. The number of furan rings is 1. The summed E-state index contributed by atoms with van der Waals surface area (Å²) in [6, 6.07) is 8.62. The fraction of sp³-hybridized carbons (Fsp3) is 0.250. The monoisotopic (exact) mass is 299 g/mol. The van der Waals surface area contributed by atoms with Gasteiger partial charge in [0.05, 0.1) is 12.5 Å². The number of carbonyl (C=O) groups is 2. The summed E-state index contributed by atoms with van der Waals surface area (Å²) in [6.07, 6.45) is 0.696. The summed E-state index contributed by atoms with van der Waals surface area (Å²) in [5.74, 6) is 0.795. The molecule has 1 aromatic heterocycles. The first-order valence-electron chi connectivity index (χ1n) is 6.99. The number of primary amides is 1. The van der Waals surface area contributed by atoms with E-state index in [4.69, 9.17) is 15.9 Å². The van der Waals surface area contributed by atoms with Gasteiger partial charge >= 0.3 is 0 Å². The van der Waals surface area contributed by atoms with E-state index in [1.54, 1.807) is 18.0 Å². The van der Waals surface area contributed by atoms with E-state index in [-0.39, 0.29) is 12.3 Å². The zero-order valence-corrected chi connectivity index (χ0v) is 12.2. The van der Waals surface area contributed by atoms with Crippen LogP contribution in [0, 0.1) is 0 Å². The minimum atomic E-state index is -0.761. The molecular formula is C16H17N3O3. The number of anilines is 1. The highest BCUT2D eigenvalue weighted by molar-refractivity contribution is 6.01. The molecule has 0 spiro atoms.